The van der Waals surface area contributed by atoms with Crippen LogP contribution in [0.4, 0.5) is 0 Å². The number of carbonyl (C=O) groups excluding carboxylic acids is 3. The van der Waals surface area contributed by atoms with Crippen molar-refractivity contribution in [3.63, 3.8) is 0 Å². The third kappa shape index (κ3) is 13.7. The van der Waals surface area contributed by atoms with Gasteiger partial charge in [-0.25, -0.2) is 0 Å². The van der Waals surface area contributed by atoms with Crippen LogP contribution in [0.1, 0.15) is 84.0 Å². The molecule has 0 saturated carbocycles. The van der Waals surface area contributed by atoms with E-state index < -0.39 is 18.2 Å². The molecule has 0 aliphatic heterocycles. The van der Waals surface area contributed by atoms with Gasteiger partial charge in [0.15, 0.2) is 6.10 Å². The van der Waals surface area contributed by atoms with E-state index in [-0.39, 0.29) is 30.5 Å². The zero-order chi connectivity index (χ0) is 25.6. The molecule has 1 aliphatic rings. The van der Waals surface area contributed by atoms with E-state index in [1.165, 1.54) is 0 Å². The Morgan fingerprint density at radius 3 is 2.53 bits per heavy atom. The predicted octanol–water partition coefficient (Wildman–Crippen LogP) is 3.10. The van der Waals surface area contributed by atoms with E-state index in [4.69, 9.17) is 4.74 Å². The first-order valence-electron chi connectivity index (χ1n) is 12.8. The van der Waals surface area contributed by atoms with Crippen molar-refractivity contribution in [3.05, 3.63) is 23.8 Å². The van der Waals surface area contributed by atoms with Gasteiger partial charge in [-0.15, -0.1) is 0 Å². The van der Waals surface area contributed by atoms with Crippen LogP contribution in [0.5, 0.6) is 0 Å². The van der Waals surface area contributed by atoms with Crippen LogP contribution in [0.2, 0.25) is 0 Å². The number of aliphatic hydroxyl groups is 1. The second kappa shape index (κ2) is 15.8. The van der Waals surface area contributed by atoms with Crippen molar-refractivity contribution < 1.29 is 33.8 Å². The van der Waals surface area contributed by atoms with Crippen LogP contribution in [0.3, 0.4) is 0 Å². The van der Waals surface area contributed by atoms with Crippen molar-refractivity contribution >= 4 is 17.7 Å². The number of aliphatic hydroxyl groups excluding tert-OH is 1. The molecule has 3 unspecified atom stereocenters. The number of ketones is 1. The maximum Gasteiger partial charge on any atom is 0.306 e. The molecule has 0 aromatic heterocycles. The minimum Gasteiger partial charge on any atom is -0.550 e. The molecule has 7 heteroatoms. The highest BCUT2D eigenvalue weighted by atomic mass is 16.5. The molecular formula is C27H45NO6. The van der Waals surface area contributed by atoms with Crippen LogP contribution in [0.25, 0.3) is 0 Å². The average Bonchev–Trinajstić information content (AvgIpc) is 3.07. The molecule has 0 heterocycles. The first-order valence-corrected chi connectivity index (χ1v) is 12.8. The number of hydrogen-bond acceptors (Lipinski definition) is 6. The van der Waals surface area contributed by atoms with E-state index in [0.717, 1.165) is 56.9 Å². The molecule has 0 aromatic carbocycles. The Bertz CT molecular complexity index is 706. The summed E-state index contributed by atoms with van der Waals surface area (Å²) >= 11 is 0. The quantitative estimate of drug-likeness (QED) is 0.184. The fourth-order valence-corrected chi connectivity index (χ4v) is 4.28. The third-order valence-corrected chi connectivity index (χ3v) is 6.01. The molecular weight excluding hydrogens is 434 g/mol. The summed E-state index contributed by atoms with van der Waals surface area (Å²) in [7, 11) is 5.74. The van der Waals surface area contributed by atoms with Gasteiger partial charge in [0.05, 0.1) is 27.2 Å². The number of carbonyl (C=O) groups is 3. The molecule has 1 rings (SSSR count). The van der Waals surface area contributed by atoms with Crippen LogP contribution in [-0.4, -0.2) is 67.2 Å². The van der Waals surface area contributed by atoms with Gasteiger partial charge in [-0.1, -0.05) is 63.7 Å². The smallest absolute Gasteiger partial charge is 0.306 e. The number of rotatable bonds is 18. The molecule has 0 amide bonds. The number of carboxylic acid groups (broad SMARTS) is 1. The predicted molar refractivity (Wildman–Crippen MR) is 131 cm³/mol. The topological polar surface area (TPSA) is 104 Å². The maximum absolute atomic E-state index is 12.3. The Balaban J connectivity index is 2.31. The lowest BCUT2D eigenvalue weighted by Gasteiger charge is -2.29. The summed E-state index contributed by atoms with van der Waals surface area (Å²) in [4.78, 5) is 35.3. The van der Waals surface area contributed by atoms with Gasteiger partial charge in [0.1, 0.15) is 12.3 Å². The number of allylic oxidation sites excluding steroid dienone is 3. The molecule has 0 spiro atoms. The molecule has 3 atom stereocenters. The number of aliphatic carboxylic acids is 1. The first-order chi connectivity index (χ1) is 16.0. The summed E-state index contributed by atoms with van der Waals surface area (Å²) in [5, 5.41) is 21.0. The fourth-order valence-electron chi connectivity index (χ4n) is 4.28. The molecule has 194 valence electrons. The number of ether oxygens (including phenoxy) is 1. The summed E-state index contributed by atoms with van der Waals surface area (Å²) < 4.78 is 5.87. The molecule has 34 heavy (non-hydrogen) atoms. The lowest BCUT2D eigenvalue weighted by molar-refractivity contribution is -0.873. The van der Waals surface area contributed by atoms with Crippen molar-refractivity contribution in [2.45, 2.75) is 96.2 Å². The Hall–Kier alpha value is -1.99. The summed E-state index contributed by atoms with van der Waals surface area (Å²) in [6.45, 7) is 2.55. The van der Waals surface area contributed by atoms with Crippen molar-refractivity contribution in [2.75, 3.05) is 27.7 Å². The van der Waals surface area contributed by atoms with Crippen LogP contribution < -0.4 is 5.11 Å². The van der Waals surface area contributed by atoms with Gasteiger partial charge in [-0.3, -0.25) is 9.59 Å². The Morgan fingerprint density at radius 1 is 1.18 bits per heavy atom. The van der Waals surface area contributed by atoms with E-state index in [9.17, 15) is 24.6 Å². The van der Waals surface area contributed by atoms with E-state index in [1.54, 1.807) is 0 Å². The van der Waals surface area contributed by atoms with E-state index >= 15 is 0 Å². The van der Waals surface area contributed by atoms with E-state index in [0.29, 0.717) is 23.9 Å². The van der Waals surface area contributed by atoms with Crippen molar-refractivity contribution in [1.82, 2.24) is 0 Å². The van der Waals surface area contributed by atoms with Crippen molar-refractivity contribution in [2.24, 2.45) is 5.92 Å². The number of likely N-dealkylation sites (N-methyl/N-ethyl adjacent to an activating group) is 1. The summed E-state index contributed by atoms with van der Waals surface area (Å²) in [5.41, 5.74) is 1.01. The largest absolute Gasteiger partial charge is 0.550 e. The zero-order valence-electron chi connectivity index (χ0n) is 21.6. The molecule has 0 aromatic rings. The highest BCUT2D eigenvalue weighted by Crippen LogP contribution is 2.29. The number of nitrogens with zero attached hydrogens (tertiary/aromatic N) is 1. The van der Waals surface area contributed by atoms with Gasteiger partial charge in [-0.2, -0.15) is 0 Å². The third-order valence-electron chi connectivity index (χ3n) is 6.01. The number of Topliss-reactive ketones (excluding diaryl/α,β-unsaturated/α-hetero) is 1. The van der Waals surface area contributed by atoms with Crippen molar-refractivity contribution in [1.29, 1.82) is 0 Å². The Kier molecular flexibility index (Phi) is 14.0. The van der Waals surface area contributed by atoms with E-state index in [2.05, 4.69) is 6.92 Å². The summed E-state index contributed by atoms with van der Waals surface area (Å²) in [6.07, 6.45) is 13.1. The van der Waals surface area contributed by atoms with Crippen LogP contribution in [0, 0.1) is 5.92 Å². The normalized spacial score (nSPS) is 18.2. The molecule has 1 N–H and O–H groups in total. The average molecular weight is 480 g/mol. The molecule has 7 nitrogen and oxygen atoms in total. The number of hydrogen-bond donors (Lipinski definition) is 1. The monoisotopic (exact) mass is 479 g/mol. The Labute approximate surface area is 205 Å². The first kappa shape index (κ1) is 30.0. The number of esters is 1. The van der Waals surface area contributed by atoms with E-state index in [1.807, 2.05) is 39.4 Å². The van der Waals surface area contributed by atoms with Crippen LogP contribution in [-0.2, 0) is 19.1 Å². The van der Waals surface area contributed by atoms with Crippen LogP contribution >= 0.6 is 0 Å². The lowest BCUT2D eigenvalue weighted by atomic mass is 9.92. The number of carboxylic acids is 1. The standard InChI is InChI=1S/C27H45NO6/c1-5-6-9-12-22(29)17-15-21-16-18-25(30)24(21)13-10-7-8-11-14-27(33)34-23(19-26(31)32)20-28(2,3)4/h15-17,22-24,29H,5-14,18-20H2,1-4H3/b17-15+. The molecule has 0 bridgehead atoms. The van der Waals surface area contributed by atoms with Crippen molar-refractivity contribution in [3.8, 4) is 0 Å². The second-order valence-corrected chi connectivity index (χ2v) is 10.5. The van der Waals surface area contributed by atoms with Gasteiger partial charge >= 0.3 is 5.97 Å². The molecule has 0 saturated heterocycles. The fraction of sp³-hybridized carbons (Fsp3) is 0.741. The zero-order valence-corrected chi connectivity index (χ0v) is 21.6. The summed E-state index contributed by atoms with van der Waals surface area (Å²) in [5.74, 6) is -1.45. The van der Waals surface area contributed by atoms with Gasteiger partial charge in [0.25, 0.3) is 0 Å². The van der Waals surface area contributed by atoms with Gasteiger partial charge in [0.2, 0.25) is 0 Å². The lowest BCUT2D eigenvalue weighted by Crippen LogP contribution is -2.45. The molecule has 0 radical (unpaired) electrons. The Morgan fingerprint density at radius 2 is 1.88 bits per heavy atom. The van der Waals surface area contributed by atoms with Gasteiger partial charge in [-0.05, 0) is 24.8 Å². The highest BCUT2D eigenvalue weighted by Gasteiger charge is 2.25. The van der Waals surface area contributed by atoms with Crippen LogP contribution in [0.15, 0.2) is 23.8 Å². The SMILES string of the molecule is CCCCCC(O)/C=C/C1=CCC(=O)C1CCCCCCC(=O)OC(CC(=O)[O-])C[N+](C)(C)C. The van der Waals surface area contributed by atoms with Gasteiger partial charge in [0, 0.05) is 31.1 Å². The van der Waals surface area contributed by atoms with Gasteiger partial charge < -0.3 is 24.2 Å². The minimum atomic E-state index is -1.22. The number of quaternary nitrogens is 1. The highest BCUT2D eigenvalue weighted by molar-refractivity contribution is 5.89. The molecule has 1 aliphatic carbocycles. The summed E-state index contributed by atoms with van der Waals surface area (Å²) in [6, 6.07) is 0. The molecule has 0 fully saturated rings. The second-order valence-electron chi connectivity index (χ2n) is 10.5. The maximum atomic E-state index is 12.3. The minimum absolute atomic E-state index is 0.0926. The number of unbranched alkanes of at least 4 members (excludes halogenated alkanes) is 5.